The van der Waals surface area contributed by atoms with Crippen LogP contribution in [0.1, 0.15) is 10.4 Å². The minimum atomic E-state index is 0.551. The molecule has 0 amide bonds. The average molecular weight is 221 g/mol. The van der Waals surface area contributed by atoms with E-state index < -0.39 is 0 Å². The van der Waals surface area contributed by atoms with Crippen LogP contribution >= 0.6 is 11.6 Å². The summed E-state index contributed by atoms with van der Waals surface area (Å²) in [6, 6.07) is 5.19. The molecule has 0 radical (unpaired) electrons. The normalized spacial score (nSPS) is 10.3. The van der Waals surface area contributed by atoms with Crippen molar-refractivity contribution in [2.24, 2.45) is 7.05 Å². The lowest BCUT2D eigenvalue weighted by atomic mass is 10.1. The predicted molar refractivity (Wildman–Crippen MR) is 59.0 cm³/mol. The molecule has 0 N–H and O–H groups in total. The quantitative estimate of drug-likeness (QED) is 0.729. The average Bonchev–Trinajstić information content (AvgIpc) is 2.64. The number of aromatic nitrogens is 2. The molecule has 0 aliphatic carbocycles. The fourth-order valence-electron chi connectivity index (χ4n) is 1.46. The third-order valence-electron chi connectivity index (χ3n) is 2.20. The Hall–Kier alpha value is -1.61. The number of halogens is 1. The molecule has 0 saturated heterocycles. The molecular formula is C11H9ClN2O. The molecule has 2 aromatic rings. The molecule has 0 aliphatic rings. The van der Waals surface area contributed by atoms with Crippen LogP contribution in [-0.2, 0) is 7.05 Å². The largest absolute Gasteiger partial charge is 0.334 e. The van der Waals surface area contributed by atoms with E-state index in [1.165, 1.54) is 0 Å². The van der Waals surface area contributed by atoms with E-state index in [1.807, 2.05) is 17.8 Å². The summed E-state index contributed by atoms with van der Waals surface area (Å²) in [5.74, 6) is 0.758. The van der Waals surface area contributed by atoms with Gasteiger partial charge in [0.2, 0.25) is 0 Å². The number of nitrogens with zero attached hydrogens (tertiary/aromatic N) is 2. The van der Waals surface area contributed by atoms with Gasteiger partial charge in [0.05, 0.1) is 0 Å². The van der Waals surface area contributed by atoms with Crippen molar-refractivity contribution in [3.05, 3.63) is 41.2 Å². The van der Waals surface area contributed by atoms with Crippen molar-refractivity contribution in [1.82, 2.24) is 9.55 Å². The zero-order valence-electron chi connectivity index (χ0n) is 8.14. The van der Waals surface area contributed by atoms with Gasteiger partial charge in [0.1, 0.15) is 5.82 Å². The molecule has 15 heavy (non-hydrogen) atoms. The Labute approximate surface area is 92.3 Å². The lowest BCUT2D eigenvalue weighted by Crippen LogP contribution is -1.95. The first-order valence-corrected chi connectivity index (χ1v) is 4.82. The first-order valence-electron chi connectivity index (χ1n) is 4.45. The maximum absolute atomic E-state index is 10.9. The number of hydrogen-bond acceptors (Lipinski definition) is 2. The number of hydrogen-bond donors (Lipinski definition) is 0. The second kappa shape index (κ2) is 3.87. The highest BCUT2D eigenvalue weighted by Crippen LogP contribution is 2.23. The zero-order valence-corrected chi connectivity index (χ0v) is 8.90. The van der Waals surface area contributed by atoms with Crippen LogP contribution in [0.3, 0.4) is 0 Å². The van der Waals surface area contributed by atoms with Crippen LogP contribution in [-0.4, -0.2) is 15.8 Å². The van der Waals surface area contributed by atoms with Crippen molar-refractivity contribution in [2.75, 3.05) is 0 Å². The summed E-state index contributed by atoms with van der Waals surface area (Å²) < 4.78 is 1.86. The van der Waals surface area contributed by atoms with Gasteiger partial charge in [-0.3, -0.25) is 4.79 Å². The minimum absolute atomic E-state index is 0.551. The molecule has 0 unspecified atom stereocenters. The smallest absolute Gasteiger partial charge is 0.150 e. The van der Waals surface area contributed by atoms with E-state index in [9.17, 15) is 4.79 Å². The Balaban J connectivity index is 2.63. The summed E-state index contributed by atoms with van der Waals surface area (Å²) in [4.78, 5) is 15.1. The maximum Gasteiger partial charge on any atom is 0.150 e. The van der Waals surface area contributed by atoms with Crippen LogP contribution < -0.4 is 0 Å². The predicted octanol–water partition coefficient (Wildman–Crippen LogP) is 2.55. The van der Waals surface area contributed by atoms with E-state index in [0.717, 1.165) is 17.7 Å². The van der Waals surface area contributed by atoms with Crippen LogP contribution in [0.2, 0.25) is 5.02 Å². The standard InChI is InChI=1S/C11H9ClN2O/c1-14-5-4-13-11(14)10-3-2-9(12)6-8(10)7-15/h2-7H,1H3. The van der Waals surface area contributed by atoms with Crippen LogP contribution in [0, 0.1) is 0 Å². The molecule has 0 bridgehead atoms. The summed E-state index contributed by atoms with van der Waals surface area (Å²) in [6.45, 7) is 0. The van der Waals surface area contributed by atoms with Crippen LogP contribution in [0.5, 0.6) is 0 Å². The van der Waals surface area contributed by atoms with Gasteiger partial charge in [-0.2, -0.15) is 0 Å². The number of carbonyl (C=O) groups is 1. The van der Waals surface area contributed by atoms with Crippen molar-refractivity contribution in [1.29, 1.82) is 0 Å². The molecule has 0 atom stereocenters. The third kappa shape index (κ3) is 1.78. The number of benzene rings is 1. The molecular weight excluding hydrogens is 212 g/mol. The topological polar surface area (TPSA) is 34.9 Å². The van der Waals surface area contributed by atoms with E-state index in [0.29, 0.717) is 10.6 Å². The number of aryl methyl sites for hydroxylation is 1. The second-order valence-electron chi connectivity index (χ2n) is 3.21. The highest BCUT2D eigenvalue weighted by molar-refractivity contribution is 6.31. The molecule has 1 heterocycles. The van der Waals surface area contributed by atoms with Gasteiger partial charge < -0.3 is 4.57 Å². The molecule has 0 fully saturated rings. The highest BCUT2D eigenvalue weighted by atomic mass is 35.5. The van der Waals surface area contributed by atoms with Crippen molar-refractivity contribution in [3.63, 3.8) is 0 Å². The Morgan fingerprint density at radius 2 is 2.27 bits per heavy atom. The molecule has 1 aromatic heterocycles. The first-order chi connectivity index (χ1) is 7.22. The van der Waals surface area contributed by atoms with Crippen LogP contribution in [0.25, 0.3) is 11.4 Å². The maximum atomic E-state index is 10.9. The van der Waals surface area contributed by atoms with Gasteiger partial charge in [0.15, 0.2) is 6.29 Å². The van der Waals surface area contributed by atoms with Gasteiger partial charge in [-0.15, -0.1) is 0 Å². The third-order valence-corrected chi connectivity index (χ3v) is 2.44. The van der Waals surface area contributed by atoms with Crippen molar-refractivity contribution >= 4 is 17.9 Å². The van der Waals surface area contributed by atoms with E-state index in [2.05, 4.69) is 4.98 Å². The molecule has 0 saturated carbocycles. The van der Waals surface area contributed by atoms with Gasteiger partial charge in [0.25, 0.3) is 0 Å². The Kier molecular flexibility index (Phi) is 2.56. The summed E-state index contributed by atoms with van der Waals surface area (Å²) in [7, 11) is 1.88. The van der Waals surface area contributed by atoms with E-state index in [4.69, 9.17) is 11.6 Å². The molecule has 0 aliphatic heterocycles. The van der Waals surface area contributed by atoms with Crippen molar-refractivity contribution < 1.29 is 4.79 Å². The SMILES string of the molecule is Cn1ccnc1-c1ccc(Cl)cc1C=O. The molecule has 76 valence electrons. The summed E-state index contributed by atoms with van der Waals surface area (Å²) >= 11 is 5.81. The van der Waals surface area contributed by atoms with Gasteiger partial charge in [-0.05, 0) is 18.2 Å². The molecule has 4 heteroatoms. The first kappa shape index (κ1) is 9.93. The van der Waals surface area contributed by atoms with Gasteiger partial charge in [-0.25, -0.2) is 4.98 Å². The van der Waals surface area contributed by atoms with Gasteiger partial charge >= 0.3 is 0 Å². The van der Waals surface area contributed by atoms with Crippen molar-refractivity contribution in [2.45, 2.75) is 0 Å². The molecule has 3 nitrogen and oxygen atoms in total. The van der Waals surface area contributed by atoms with E-state index in [-0.39, 0.29) is 0 Å². The fraction of sp³-hybridized carbons (Fsp3) is 0.0909. The van der Waals surface area contributed by atoms with Gasteiger partial charge in [0, 0.05) is 35.6 Å². The lowest BCUT2D eigenvalue weighted by Gasteiger charge is -2.04. The van der Waals surface area contributed by atoms with Gasteiger partial charge in [-0.1, -0.05) is 11.6 Å². The summed E-state index contributed by atoms with van der Waals surface area (Å²) in [5.41, 5.74) is 1.35. The minimum Gasteiger partial charge on any atom is -0.334 e. The molecule has 1 aromatic carbocycles. The summed E-state index contributed by atoms with van der Waals surface area (Å²) in [6.07, 6.45) is 4.31. The molecule has 2 rings (SSSR count). The number of aldehydes is 1. The number of imidazole rings is 1. The van der Waals surface area contributed by atoms with Crippen LogP contribution in [0.4, 0.5) is 0 Å². The Bertz CT molecular complexity index is 505. The monoisotopic (exact) mass is 220 g/mol. The summed E-state index contributed by atoms with van der Waals surface area (Å²) in [5, 5.41) is 0.551. The van der Waals surface area contributed by atoms with E-state index in [1.54, 1.807) is 24.4 Å². The Morgan fingerprint density at radius 1 is 1.47 bits per heavy atom. The number of carbonyl (C=O) groups excluding carboxylic acids is 1. The second-order valence-corrected chi connectivity index (χ2v) is 3.65. The highest BCUT2D eigenvalue weighted by Gasteiger charge is 2.08. The Morgan fingerprint density at radius 3 is 2.87 bits per heavy atom. The zero-order chi connectivity index (χ0) is 10.8. The lowest BCUT2D eigenvalue weighted by molar-refractivity contribution is 0.112. The number of rotatable bonds is 2. The van der Waals surface area contributed by atoms with Crippen LogP contribution in [0.15, 0.2) is 30.6 Å². The molecule has 0 spiro atoms. The van der Waals surface area contributed by atoms with E-state index >= 15 is 0 Å². The van der Waals surface area contributed by atoms with Crippen molar-refractivity contribution in [3.8, 4) is 11.4 Å². The fourth-order valence-corrected chi connectivity index (χ4v) is 1.64.